The molecular weight excluding hydrogens is 496 g/mol. The maximum atomic E-state index is 12.9. The lowest BCUT2D eigenvalue weighted by molar-refractivity contribution is -0.140. The van der Waals surface area contributed by atoms with E-state index < -0.39 is 5.54 Å². The van der Waals surface area contributed by atoms with Gasteiger partial charge in [0.15, 0.2) is 0 Å². The first-order valence-electron chi connectivity index (χ1n) is 13.9. The number of nitrogens with zero attached hydrogens (tertiary/aromatic N) is 1. The van der Waals surface area contributed by atoms with E-state index >= 15 is 0 Å². The molecule has 0 saturated heterocycles. The number of carbonyl (C=O) groups is 2. The summed E-state index contributed by atoms with van der Waals surface area (Å²) in [4.78, 5) is 26.6. The Kier molecular flexibility index (Phi) is 10.8. The van der Waals surface area contributed by atoms with Gasteiger partial charge in [0.2, 0.25) is 0 Å². The van der Waals surface area contributed by atoms with Crippen molar-refractivity contribution in [2.45, 2.75) is 31.3 Å². The number of ether oxygens (including phenoxy) is 1. The fourth-order valence-corrected chi connectivity index (χ4v) is 5.19. The van der Waals surface area contributed by atoms with Gasteiger partial charge in [0, 0.05) is 32.5 Å². The molecule has 40 heavy (non-hydrogen) atoms. The van der Waals surface area contributed by atoms with E-state index in [4.69, 9.17) is 4.74 Å². The van der Waals surface area contributed by atoms with Crippen molar-refractivity contribution in [3.63, 3.8) is 0 Å². The lowest BCUT2D eigenvalue weighted by Gasteiger charge is -2.38. The fraction of sp³-hybridized carbons (Fsp3) is 0.257. The predicted molar refractivity (Wildman–Crippen MR) is 160 cm³/mol. The van der Waals surface area contributed by atoms with Crippen LogP contribution in [0.1, 0.15) is 41.5 Å². The van der Waals surface area contributed by atoms with E-state index in [9.17, 15) is 9.59 Å². The van der Waals surface area contributed by atoms with Crippen LogP contribution in [0.15, 0.2) is 121 Å². The highest BCUT2D eigenvalue weighted by Gasteiger charge is 2.35. The summed E-state index contributed by atoms with van der Waals surface area (Å²) in [5.41, 5.74) is 4.06. The molecule has 0 heterocycles. The van der Waals surface area contributed by atoms with E-state index in [1.807, 2.05) is 36.4 Å². The molecule has 4 aromatic rings. The Morgan fingerprint density at radius 2 is 1.18 bits per heavy atom. The number of methoxy groups -OCH3 is 1. The lowest BCUT2D eigenvalue weighted by Crippen LogP contribution is -2.48. The molecule has 0 aliphatic rings. The molecule has 0 spiro atoms. The van der Waals surface area contributed by atoms with Gasteiger partial charge < -0.3 is 4.74 Å². The molecule has 1 N–H and O–H groups in total. The van der Waals surface area contributed by atoms with Gasteiger partial charge in [0.05, 0.1) is 19.2 Å². The first kappa shape index (κ1) is 28.9. The summed E-state index contributed by atoms with van der Waals surface area (Å²) < 4.78 is 4.72. The zero-order valence-electron chi connectivity index (χ0n) is 23.2. The minimum absolute atomic E-state index is 0.125. The highest BCUT2D eigenvalue weighted by Crippen LogP contribution is 2.36. The molecule has 0 saturated carbocycles. The summed E-state index contributed by atoms with van der Waals surface area (Å²) in [6.07, 6.45) is 1.12. The molecule has 0 aliphatic carbocycles. The molecule has 4 aromatic carbocycles. The molecule has 0 fully saturated rings. The number of benzene rings is 4. The number of ketones is 1. The van der Waals surface area contributed by atoms with Crippen LogP contribution in [-0.2, 0) is 26.4 Å². The van der Waals surface area contributed by atoms with E-state index in [1.165, 1.54) is 7.11 Å². The van der Waals surface area contributed by atoms with Crippen molar-refractivity contribution in [2.75, 3.05) is 26.7 Å². The second-order valence-electron chi connectivity index (χ2n) is 9.94. The highest BCUT2D eigenvalue weighted by molar-refractivity contribution is 5.81. The van der Waals surface area contributed by atoms with Gasteiger partial charge in [-0.15, -0.1) is 0 Å². The number of carbonyl (C=O) groups excluding carboxylic acids is 2. The minimum Gasteiger partial charge on any atom is -0.469 e. The molecule has 5 nitrogen and oxygen atoms in total. The van der Waals surface area contributed by atoms with E-state index in [2.05, 4.69) is 95.1 Å². The van der Waals surface area contributed by atoms with Crippen molar-refractivity contribution in [2.24, 2.45) is 0 Å². The SMILES string of the molecule is COC(=O)CCCC(=O)CN(CCNC(c1ccccc1)(c1ccccc1)c1ccccc1)Cc1ccccc1. The van der Waals surface area contributed by atoms with Crippen molar-refractivity contribution in [3.05, 3.63) is 144 Å². The van der Waals surface area contributed by atoms with Gasteiger partial charge in [-0.3, -0.25) is 19.8 Å². The first-order valence-corrected chi connectivity index (χ1v) is 13.9. The van der Waals surface area contributed by atoms with Crippen LogP contribution in [0.5, 0.6) is 0 Å². The highest BCUT2D eigenvalue weighted by atomic mass is 16.5. The van der Waals surface area contributed by atoms with Crippen molar-refractivity contribution in [1.82, 2.24) is 10.2 Å². The Balaban J connectivity index is 1.57. The lowest BCUT2D eigenvalue weighted by atomic mass is 9.77. The molecule has 0 amide bonds. The third-order valence-corrected chi connectivity index (χ3v) is 7.15. The minimum atomic E-state index is -0.563. The maximum absolute atomic E-state index is 12.9. The number of rotatable bonds is 15. The smallest absolute Gasteiger partial charge is 0.305 e. The van der Waals surface area contributed by atoms with Crippen LogP contribution in [0, 0.1) is 0 Å². The van der Waals surface area contributed by atoms with E-state index in [0.717, 1.165) is 22.3 Å². The Labute approximate surface area is 237 Å². The molecule has 5 heteroatoms. The van der Waals surface area contributed by atoms with Gasteiger partial charge in [-0.25, -0.2) is 0 Å². The summed E-state index contributed by atoms with van der Waals surface area (Å²) in [6.45, 7) is 2.32. The summed E-state index contributed by atoms with van der Waals surface area (Å²) in [6, 6.07) is 41.8. The van der Waals surface area contributed by atoms with Gasteiger partial charge in [-0.1, -0.05) is 121 Å². The van der Waals surface area contributed by atoms with Gasteiger partial charge in [0.25, 0.3) is 0 Å². The third kappa shape index (κ3) is 7.75. The molecule has 0 radical (unpaired) electrons. The van der Waals surface area contributed by atoms with Gasteiger partial charge >= 0.3 is 5.97 Å². The zero-order valence-corrected chi connectivity index (χ0v) is 23.2. The summed E-state index contributed by atoms with van der Waals surface area (Å²) in [5, 5.41) is 3.92. The Morgan fingerprint density at radius 1 is 0.700 bits per heavy atom. The number of hydrogen-bond acceptors (Lipinski definition) is 5. The number of nitrogens with one attached hydrogen (secondary N) is 1. The summed E-state index contributed by atoms with van der Waals surface area (Å²) in [5.74, 6) is -0.155. The van der Waals surface area contributed by atoms with Gasteiger partial charge in [-0.05, 0) is 28.7 Å². The number of esters is 1. The van der Waals surface area contributed by atoms with Gasteiger partial charge in [-0.2, -0.15) is 0 Å². The Hall–Kier alpha value is -4.06. The molecule has 0 bridgehead atoms. The van der Waals surface area contributed by atoms with E-state index in [1.54, 1.807) is 0 Å². The Morgan fingerprint density at radius 3 is 1.65 bits per heavy atom. The first-order chi connectivity index (χ1) is 19.6. The average Bonchev–Trinajstić information content (AvgIpc) is 3.01. The summed E-state index contributed by atoms with van der Waals surface area (Å²) in [7, 11) is 1.37. The third-order valence-electron chi connectivity index (χ3n) is 7.15. The van der Waals surface area contributed by atoms with Crippen molar-refractivity contribution in [1.29, 1.82) is 0 Å². The zero-order chi connectivity index (χ0) is 28.0. The topological polar surface area (TPSA) is 58.6 Å². The van der Waals surface area contributed by atoms with Crippen LogP contribution in [0.4, 0.5) is 0 Å². The number of hydrogen-bond donors (Lipinski definition) is 1. The molecular formula is C35H38N2O3. The van der Waals surface area contributed by atoms with Crippen LogP contribution >= 0.6 is 0 Å². The second kappa shape index (κ2) is 14.9. The molecule has 4 rings (SSSR count). The monoisotopic (exact) mass is 534 g/mol. The Bertz CT molecular complexity index is 1220. The van der Waals surface area contributed by atoms with Crippen LogP contribution in [0.3, 0.4) is 0 Å². The van der Waals surface area contributed by atoms with E-state index in [-0.39, 0.29) is 18.2 Å². The summed E-state index contributed by atoms with van der Waals surface area (Å²) >= 11 is 0. The maximum Gasteiger partial charge on any atom is 0.305 e. The van der Waals surface area contributed by atoms with Crippen LogP contribution in [-0.4, -0.2) is 43.4 Å². The van der Waals surface area contributed by atoms with Crippen LogP contribution in [0.25, 0.3) is 0 Å². The predicted octanol–water partition coefficient (Wildman–Crippen LogP) is 5.98. The van der Waals surface area contributed by atoms with Gasteiger partial charge in [0.1, 0.15) is 5.78 Å². The average molecular weight is 535 g/mol. The fourth-order valence-electron chi connectivity index (χ4n) is 5.19. The molecule has 0 aromatic heterocycles. The normalized spacial score (nSPS) is 11.3. The quantitative estimate of drug-likeness (QED) is 0.150. The number of Topliss-reactive ketones (excluding diaryl/α,β-unsaturated/α-hetero) is 1. The molecule has 0 aliphatic heterocycles. The second-order valence-corrected chi connectivity index (χ2v) is 9.94. The molecule has 0 atom stereocenters. The van der Waals surface area contributed by atoms with Crippen LogP contribution < -0.4 is 5.32 Å². The molecule has 206 valence electrons. The molecule has 0 unspecified atom stereocenters. The largest absolute Gasteiger partial charge is 0.469 e. The van der Waals surface area contributed by atoms with Crippen molar-refractivity contribution < 1.29 is 14.3 Å². The van der Waals surface area contributed by atoms with Crippen molar-refractivity contribution >= 4 is 11.8 Å². The van der Waals surface area contributed by atoms with Crippen LogP contribution in [0.2, 0.25) is 0 Å². The standard InChI is InChI=1S/C35H38N2O3/c1-40-34(39)24-14-23-33(38)28-37(27-29-15-6-2-7-16-29)26-25-36-35(30-17-8-3-9-18-30,31-19-10-4-11-20-31)32-21-12-5-13-22-32/h2-13,15-22,36H,14,23-28H2,1H3. The van der Waals surface area contributed by atoms with E-state index in [0.29, 0.717) is 39.0 Å². The van der Waals surface area contributed by atoms with Crippen molar-refractivity contribution in [3.8, 4) is 0 Å².